The largest absolute Gasteiger partial charge is 0.496 e. The van der Waals surface area contributed by atoms with Crippen molar-refractivity contribution >= 4 is 5.91 Å². The maximum Gasteiger partial charge on any atom is 0.220 e. The predicted octanol–water partition coefficient (Wildman–Crippen LogP) is 3.91. The fourth-order valence-corrected chi connectivity index (χ4v) is 2.56. The van der Waals surface area contributed by atoms with Crippen molar-refractivity contribution in [2.75, 3.05) is 20.3 Å². The molecule has 2 aromatic rings. The average Bonchev–Trinajstić information content (AvgIpc) is 2.64. The quantitative estimate of drug-likeness (QED) is 0.667. The number of ether oxygens (including phenoxy) is 2. The predicted molar refractivity (Wildman–Crippen MR) is 100 cm³/mol. The highest BCUT2D eigenvalue weighted by Gasteiger charge is 2.04. The van der Waals surface area contributed by atoms with Crippen LogP contribution >= 0.6 is 0 Å². The van der Waals surface area contributed by atoms with Crippen LogP contribution in [0.15, 0.2) is 48.5 Å². The molecule has 0 aromatic heterocycles. The van der Waals surface area contributed by atoms with Crippen LogP contribution in [0.2, 0.25) is 0 Å². The Kier molecular flexibility index (Phi) is 7.83. The van der Waals surface area contributed by atoms with Crippen molar-refractivity contribution in [3.63, 3.8) is 0 Å². The van der Waals surface area contributed by atoms with Gasteiger partial charge in [-0.3, -0.25) is 4.79 Å². The molecule has 0 saturated heterocycles. The summed E-state index contributed by atoms with van der Waals surface area (Å²) in [6, 6.07) is 15.9. The number of hydrogen-bond donors (Lipinski definition) is 1. The van der Waals surface area contributed by atoms with Crippen LogP contribution in [0.5, 0.6) is 11.5 Å². The summed E-state index contributed by atoms with van der Waals surface area (Å²) in [4.78, 5) is 11.8. The van der Waals surface area contributed by atoms with Crippen LogP contribution in [-0.2, 0) is 11.2 Å². The van der Waals surface area contributed by atoms with Crippen molar-refractivity contribution < 1.29 is 14.3 Å². The van der Waals surface area contributed by atoms with E-state index in [1.807, 2.05) is 49.4 Å². The Bertz CT molecular complexity index is 652. The second-order valence-electron chi connectivity index (χ2n) is 6.03. The van der Waals surface area contributed by atoms with Crippen LogP contribution in [0.3, 0.4) is 0 Å². The molecule has 0 aliphatic carbocycles. The van der Waals surface area contributed by atoms with Gasteiger partial charge < -0.3 is 14.8 Å². The van der Waals surface area contributed by atoms with Crippen molar-refractivity contribution in [1.82, 2.24) is 5.32 Å². The average molecular weight is 341 g/mol. The van der Waals surface area contributed by atoms with Crippen LogP contribution in [0, 0.1) is 6.92 Å². The number of amides is 1. The molecule has 2 rings (SSSR count). The Labute approximate surface area is 150 Å². The molecular weight excluding hydrogens is 314 g/mol. The smallest absolute Gasteiger partial charge is 0.220 e. The van der Waals surface area contributed by atoms with Gasteiger partial charge in [0.2, 0.25) is 5.91 Å². The molecule has 0 saturated carbocycles. The number of carbonyl (C=O) groups is 1. The molecule has 0 atom stereocenters. The number of benzene rings is 2. The van der Waals surface area contributed by atoms with Crippen molar-refractivity contribution in [2.45, 2.75) is 32.6 Å². The fraction of sp³-hybridized carbons (Fsp3) is 0.381. The number of hydrogen-bond acceptors (Lipinski definition) is 3. The van der Waals surface area contributed by atoms with E-state index in [-0.39, 0.29) is 5.91 Å². The number of methoxy groups -OCH3 is 1. The number of carbonyl (C=O) groups excluding carboxylic acids is 1. The summed E-state index contributed by atoms with van der Waals surface area (Å²) in [5.41, 5.74) is 2.38. The van der Waals surface area contributed by atoms with Gasteiger partial charge in [0, 0.05) is 13.0 Å². The van der Waals surface area contributed by atoms with Gasteiger partial charge >= 0.3 is 0 Å². The van der Waals surface area contributed by atoms with Crippen LogP contribution in [0.1, 0.15) is 30.4 Å². The van der Waals surface area contributed by atoms with E-state index in [1.54, 1.807) is 7.11 Å². The molecule has 25 heavy (non-hydrogen) atoms. The first kappa shape index (κ1) is 18.8. The molecule has 0 radical (unpaired) electrons. The number of rotatable bonds is 10. The highest BCUT2D eigenvalue weighted by molar-refractivity contribution is 5.75. The lowest BCUT2D eigenvalue weighted by atomic mass is 10.1. The normalized spacial score (nSPS) is 10.3. The Morgan fingerprint density at radius 2 is 1.80 bits per heavy atom. The highest BCUT2D eigenvalue weighted by Crippen LogP contribution is 2.18. The second-order valence-corrected chi connectivity index (χ2v) is 6.03. The molecule has 4 nitrogen and oxygen atoms in total. The molecule has 2 aromatic carbocycles. The maximum absolute atomic E-state index is 11.8. The molecule has 0 spiro atoms. The zero-order valence-electron chi connectivity index (χ0n) is 15.1. The summed E-state index contributed by atoms with van der Waals surface area (Å²) >= 11 is 0. The van der Waals surface area contributed by atoms with Gasteiger partial charge in [-0.05, 0) is 49.9 Å². The van der Waals surface area contributed by atoms with Crippen molar-refractivity contribution in [2.24, 2.45) is 0 Å². The molecule has 0 bridgehead atoms. The molecule has 0 aliphatic rings. The topological polar surface area (TPSA) is 47.6 Å². The lowest BCUT2D eigenvalue weighted by Crippen LogP contribution is -2.24. The second kappa shape index (κ2) is 10.4. The standard InChI is InChI=1S/C21H27NO3/c1-17-11-13-19(14-12-17)25-16-6-10-21(23)22-15-5-8-18-7-3-4-9-20(18)24-2/h3-4,7,9,11-14H,5-6,8,10,15-16H2,1-2H3,(H,22,23). The number of nitrogens with one attached hydrogen (secondary N) is 1. The van der Waals surface area contributed by atoms with Crippen molar-refractivity contribution in [3.05, 3.63) is 59.7 Å². The van der Waals surface area contributed by atoms with Gasteiger partial charge in [0.25, 0.3) is 0 Å². The third-order valence-electron chi connectivity index (χ3n) is 3.98. The fourth-order valence-electron chi connectivity index (χ4n) is 2.56. The summed E-state index contributed by atoms with van der Waals surface area (Å²) in [5.74, 6) is 1.83. The molecular formula is C21H27NO3. The Hall–Kier alpha value is -2.49. The minimum atomic E-state index is 0.0764. The van der Waals surface area contributed by atoms with Crippen molar-refractivity contribution in [3.8, 4) is 11.5 Å². The van der Waals surface area contributed by atoms with Gasteiger partial charge in [-0.15, -0.1) is 0 Å². The summed E-state index contributed by atoms with van der Waals surface area (Å²) in [7, 11) is 1.68. The lowest BCUT2D eigenvalue weighted by Gasteiger charge is -2.09. The van der Waals surface area contributed by atoms with Gasteiger partial charge in [-0.1, -0.05) is 35.9 Å². The van der Waals surface area contributed by atoms with Crippen LogP contribution in [-0.4, -0.2) is 26.2 Å². The monoisotopic (exact) mass is 341 g/mol. The maximum atomic E-state index is 11.8. The third-order valence-corrected chi connectivity index (χ3v) is 3.98. The Balaban J connectivity index is 1.56. The van der Waals surface area contributed by atoms with Crippen LogP contribution in [0.4, 0.5) is 0 Å². The minimum Gasteiger partial charge on any atom is -0.496 e. The van der Waals surface area contributed by atoms with E-state index in [9.17, 15) is 4.79 Å². The first-order valence-electron chi connectivity index (χ1n) is 8.77. The molecule has 0 heterocycles. The Morgan fingerprint density at radius 1 is 1.04 bits per heavy atom. The summed E-state index contributed by atoms with van der Waals surface area (Å²) in [6.07, 6.45) is 2.99. The molecule has 134 valence electrons. The molecule has 1 amide bonds. The Morgan fingerprint density at radius 3 is 2.56 bits per heavy atom. The molecule has 4 heteroatoms. The zero-order valence-corrected chi connectivity index (χ0v) is 15.1. The van der Waals surface area contributed by atoms with E-state index in [1.165, 1.54) is 11.1 Å². The SMILES string of the molecule is COc1ccccc1CCCNC(=O)CCCOc1ccc(C)cc1. The lowest BCUT2D eigenvalue weighted by molar-refractivity contribution is -0.121. The first-order chi connectivity index (χ1) is 12.2. The van der Waals surface area contributed by atoms with E-state index < -0.39 is 0 Å². The summed E-state index contributed by atoms with van der Waals surface area (Å²) < 4.78 is 11.0. The molecule has 1 N–H and O–H groups in total. The number of aryl methyl sites for hydroxylation is 2. The third kappa shape index (κ3) is 6.87. The van der Waals surface area contributed by atoms with E-state index in [2.05, 4.69) is 11.4 Å². The molecule has 0 aliphatic heterocycles. The highest BCUT2D eigenvalue weighted by atomic mass is 16.5. The summed E-state index contributed by atoms with van der Waals surface area (Å²) in [5, 5.41) is 2.96. The van der Waals surface area contributed by atoms with Gasteiger partial charge in [0.05, 0.1) is 13.7 Å². The molecule has 0 unspecified atom stereocenters. The van der Waals surface area contributed by atoms with E-state index >= 15 is 0 Å². The van der Waals surface area contributed by atoms with Gasteiger partial charge in [-0.25, -0.2) is 0 Å². The van der Waals surface area contributed by atoms with E-state index in [4.69, 9.17) is 9.47 Å². The zero-order chi connectivity index (χ0) is 17.9. The van der Waals surface area contributed by atoms with Gasteiger partial charge in [-0.2, -0.15) is 0 Å². The van der Waals surface area contributed by atoms with Crippen LogP contribution < -0.4 is 14.8 Å². The minimum absolute atomic E-state index is 0.0764. The van der Waals surface area contributed by atoms with Gasteiger partial charge in [0.1, 0.15) is 11.5 Å². The van der Waals surface area contributed by atoms with Gasteiger partial charge in [0.15, 0.2) is 0 Å². The van der Waals surface area contributed by atoms with E-state index in [0.717, 1.165) is 24.3 Å². The first-order valence-corrected chi connectivity index (χ1v) is 8.77. The summed E-state index contributed by atoms with van der Waals surface area (Å²) in [6.45, 7) is 3.27. The van der Waals surface area contributed by atoms with Crippen LogP contribution in [0.25, 0.3) is 0 Å². The molecule has 0 fully saturated rings. The van der Waals surface area contributed by atoms with E-state index in [0.29, 0.717) is 26.0 Å². The van der Waals surface area contributed by atoms with Crippen molar-refractivity contribution in [1.29, 1.82) is 0 Å². The number of para-hydroxylation sites is 1.